The Hall–Kier alpha value is -0.540. The van der Waals surface area contributed by atoms with Gasteiger partial charge in [-0.05, 0) is 37.4 Å². The van der Waals surface area contributed by atoms with Crippen molar-refractivity contribution in [1.82, 2.24) is 4.90 Å². The maximum absolute atomic E-state index is 3.61. The normalized spacial score (nSPS) is 24.9. The zero-order valence-corrected chi connectivity index (χ0v) is 12.4. The maximum atomic E-state index is 3.61. The summed E-state index contributed by atoms with van der Waals surface area (Å²) in [6.45, 7) is 5.03. The van der Waals surface area contributed by atoms with Crippen LogP contribution in [-0.2, 0) is 5.33 Å². The summed E-state index contributed by atoms with van der Waals surface area (Å²) < 4.78 is 0. The highest BCUT2D eigenvalue weighted by Gasteiger charge is 2.29. The van der Waals surface area contributed by atoms with E-state index >= 15 is 0 Å². The fourth-order valence-corrected chi connectivity index (χ4v) is 3.83. The Bertz CT molecular complexity index is 407. The molecule has 0 bridgehead atoms. The van der Waals surface area contributed by atoms with E-state index in [1.165, 1.54) is 56.7 Å². The Labute approximate surface area is 118 Å². The summed E-state index contributed by atoms with van der Waals surface area (Å²) in [6.07, 6.45) is 4.07. The van der Waals surface area contributed by atoms with E-state index in [0.717, 1.165) is 11.4 Å². The highest BCUT2D eigenvalue weighted by atomic mass is 79.9. The van der Waals surface area contributed by atoms with Crippen LogP contribution in [0.3, 0.4) is 0 Å². The molecule has 2 aliphatic heterocycles. The van der Waals surface area contributed by atoms with Gasteiger partial charge >= 0.3 is 0 Å². The predicted molar refractivity (Wildman–Crippen MR) is 80.5 cm³/mol. The smallest absolute Gasteiger partial charge is 0.0407 e. The number of benzene rings is 1. The Morgan fingerprint density at radius 3 is 2.83 bits per heavy atom. The molecule has 1 atom stereocenters. The van der Waals surface area contributed by atoms with Gasteiger partial charge in [0.05, 0.1) is 0 Å². The van der Waals surface area contributed by atoms with Crippen molar-refractivity contribution in [1.29, 1.82) is 0 Å². The first-order valence-corrected chi connectivity index (χ1v) is 8.13. The molecule has 98 valence electrons. The molecule has 3 heteroatoms. The molecule has 3 rings (SSSR count). The first-order valence-electron chi connectivity index (χ1n) is 7.01. The standard InChI is InChI=1S/C15H21BrN2/c16-11-13-5-1-2-7-15(13)18-10-4-9-17-8-3-6-14(17)12-18/h1-2,5,7,14H,3-4,6,8-12H2. The third-order valence-electron chi connectivity index (χ3n) is 4.28. The van der Waals surface area contributed by atoms with Gasteiger partial charge in [0.25, 0.3) is 0 Å². The van der Waals surface area contributed by atoms with E-state index in [4.69, 9.17) is 0 Å². The number of halogens is 1. The van der Waals surface area contributed by atoms with Crippen LogP contribution < -0.4 is 4.90 Å². The van der Waals surface area contributed by atoms with Gasteiger partial charge in [0.15, 0.2) is 0 Å². The fourth-order valence-electron chi connectivity index (χ4n) is 3.36. The van der Waals surface area contributed by atoms with Gasteiger partial charge < -0.3 is 4.90 Å². The number of hydrogen-bond donors (Lipinski definition) is 0. The molecule has 0 saturated carbocycles. The van der Waals surface area contributed by atoms with Crippen LogP contribution in [0.1, 0.15) is 24.8 Å². The van der Waals surface area contributed by atoms with Gasteiger partial charge in [-0.2, -0.15) is 0 Å². The molecule has 1 unspecified atom stereocenters. The molecule has 0 N–H and O–H groups in total. The number of rotatable bonds is 2. The molecule has 2 saturated heterocycles. The van der Waals surface area contributed by atoms with Crippen LogP contribution in [0.2, 0.25) is 0 Å². The SMILES string of the molecule is BrCc1ccccc1N1CCCN2CCCC2C1. The van der Waals surface area contributed by atoms with Crippen molar-refractivity contribution in [2.75, 3.05) is 31.1 Å². The molecule has 18 heavy (non-hydrogen) atoms. The molecule has 0 aliphatic carbocycles. The highest BCUT2D eigenvalue weighted by molar-refractivity contribution is 9.08. The van der Waals surface area contributed by atoms with E-state index in [1.807, 2.05) is 0 Å². The van der Waals surface area contributed by atoms with E-state index in [-0.39, 0.29) is 0 Å². The Morgan fingerprint density at radius 2 is 1.94 bits per heavy atom. The molecule has 0 aromatic heterocycles. The van der Waals surface area contributed by atoms with Crippen LogP contribution in [0, 0.1) is 0 Å². The van der Waals surface area contributed by atoms with Crippen molar-refractivity contribution >= 4 is 21.6 Å². The van der Waals surface area contributed by atoms with Gasteiger partial charge in [-0.25, -0.2) is 0 Å². The lowest BCUT2D eigenvalue weighted by Crippen LogP contribution is -2.36. The summed E-state index contributed by atoms with van der Waals surface area (Å²) in [5.41, 5.74) is 2.85. The van der Waals surface area contributed by atoms with Crippen LogP contribution in [0.4, 0.5) is 5.69 Å². The Morgan fingerprint density at radius 1 is 1.11 bits per heavy atom. The summed E-state index contributed by atoms with van der Waals surface area (Å²) in [4.78, 5) is 5.29. The quantitative estimate of drug-likeness (QED) is 0.774. The molecule has 2 aliphatic rings. The van der Waals surface area contributed by atoms with E-state index in [1.54, 1.807) is 0 Å². The first-order chi connectivity index (χ1) is 8.88. The number of para-hydroxylation sites is 1. The predicted octanol–water partition coefficient (Wildman–Crippen LogP) is 3.26. The number of alkyl halides is 1. The zero-order valence-electron chi connectivity index (χ0n) is 10.8. The lowest BCUT2D eigenvalue weighted by molar-refractivity contribution is 0.273. The molecule has 0 radical (unpaired) electrons. The van der Waals surface area contributed by atoms with Crippen LogP contribution >= 0.6 is 15.9 Å². The second kappa shape index (κ2) is 5.62. The van der Waals surface area contributed by atoms with Gasteiger partial charge in [0.2, 0.25) is 0 Å². The second-order valence-electron chi connectivity index (χ2n) is 5.39. The molecular weight excluding hydrogens is 288 g/mol. The van der Waals surface area contributed by atoms with Gasteiger partial charge in [0.1, 0.15) is 0 Å². The largest absolute Gasteiger partial charge is 0.370 e. The van der Waals surface area contributed by atoms with Crippen molar-refractivity contribution in [3.8, 4) is 0 Å². The Kier molecular flexibility index (Phi) is 3.90. The van der Waals surface area contributed by atoms with Crippen molar-refractivity contribution in [2.24, 2.45) is 0 Å². The number of nitrogens with zero attached hydrogens (tertiary/aromatic N) is 2. The van der Waals surface area contributed by atoms with E-state index in [2.05, 4.69) is 50.0 Å². The summed E-state index contributed by atoms with van der Waals surface area (Å²) in [7, 11) is 0. The van der Waals surface area contributed by atoms with Crippen molar-refractivity contribution in [2.45, 2.75) is 30.6 Å². The maximum Gasteiger partial charge on any atom is 0.0407 e. The summed E-state index contributed by atoms with van der Waals surface area (Å²) in [5.74, 6) is 0. The highest BCUT2D eigenvalue weighted by Crippen LogP contribution is 2.28. The topological polar surface area (TPSA) is 6.48 Å². The van der Waals surface area contributed by atoms with Gasteiger partial charge in [-0.15, -0.1) is 0 Å². The lowest BCUT2D eigenvalue weighted by atomic mass is 10.1. The number of hydrogen-bond acceptors (Lipinski definition) is 2. The monoisotopic (exact) mass is 308 g/mol. The van der Waals surface area contributed by atoms with E-state index in [9.17, 15) is 0 Å². The fraction of sp³-hybridized carbons (Fsp3) is 0.600. The summed E-state index contributed by atoms with van der Waals surface area (Å²) in [5, 5.41) is 0.952. The molecule has 2 heterocycles. The number of fused-ring (bicyclic) bond motifs is 1. The summed E-state index contributed by atoms with van der Waals surface area (Å²) in [6, 6.07) is 9.61. The lowest BCUT2D eigenvalue weighted by Gasteiger charge is -2.28. The second-order valence-corrected chi connectivity index (χ2v) is 5.95. The third-order valence-corrected chi connectivity index (χ3v) is 4.88. The summed E-state index contributed by atoms with van der Waals surface area (Å²) >= 11 is 3.61. The molecule has 2 nitrogen and oxygen atoms in total. The molecule has 0 amide bonds. The van der Waals surface area contributed by atoms with Crippen LogP contribution in [0.25, 0.3) is 0 Å². The Balaban J connectivity index is 1.82. The van der Waals surface area contributed by atoms with Crippen LogP contribution in [0.15, 0.2) is 24.3 Å². The van der Waals surface area contributed by atoms with Crippen molar-refractivity contribution < 1.29 is 0 Å². The molecule has 2 fully saturated rings. The minimum Gasteiger partial charge on any atom is -0.370 e. The first kappa shape index (κ1) is 12.5. The minimum atomic E-state index is 0.788. The molecule has 1 aromatic rings. The minimum absolute atomic E-state index is 0.788. The average Bonchev–Trinajstić information content (AvgIpc) is 2.76. The third kappa shape index (κ3) is 2.43. The van der Waals surface area contributed by atoms with Crippen LogP contribution in [-0.4, -0.2) is 37.1 Å². The molecule has 0 spiro atoms. The van der Waals surface area contributed by atoms with E-state index in [0.29, 0.717) is 0 Å². The molecule has 1 aromatic carbocycles. The van der Waals surface area contributed by atoms with Gasteiger partial charge in [-0.3, -0.25) is 4.90 Å². The van der Waals surface area contributed by atoms with Crippen molar-refractivity contribution in [3.05, 3.63) is 29.8 Å². The molecular formula is C15H21BrN2. The van der Waals surface area contributed by atoms with Crippen LogP contribution in [0.5, 0.6) is 0 Å². The van der Waals surface area contributed by atoms with Crippen molar-refractivity contribution in [3.63, 3.8) is 0 Å². The van der Waals surface area contributed by atoms with E-state index < -0.39 is 0 Å². The van der Waals surface area contributed by atoms with Gasteiger partial charge in [0, 0.05) is 36.7 Å². The number of anilines is 1. The van der Waals surface area contributed by atoms with Gasteiger partial charge in [-0.1, -0.05) is 34.1 Å². The zero-order chi connectivity index (χ0) is 12.4. The average molecular weight is 309 g/mol.